The third kappa shape index (κ3) is 4.80. The highest BCUT2D eigenvalue weighted by Gasteiger charge is 2.41. The molecule has 0 unspecified atom stereocenters. The lowest BCUT2D eigenvalue weighted by Gasteiger charge is -2.44. The first-order valence-electron chi connectivity index (χ1n) is 11.4. The zero-order valence-corrected chi connectivity index (χ0v) is 23.3. The third-order valence-electron chi connectivity index (χ3n) is 5.95. The maximum absolute atomic E-state index is 6.88. The minimum atomic E-state index is -2.51. The fourth-order valence-corrected chi connectivity index (χ4v) is 16.7. The monoisotopic (exact) mass is 545 g/mol. The molecule has 0 atom stereocenters. The summed E-state index contributed by atoms with van der Waals surface area (Å²) in [4.78, 5) is 1.27. The van der Waals surface area contributed by atoms with Crippen LogP contribution in [0.25, 0.3) is 0 Å². The summed E-state index contributed by atoms with van der Waals surface area (Å²) in [7, 11) is 0. The van der Waals surface area contributed by atoms with Crippen LogP contribution in [0.4, 0.5) is 0 Å². The second-order valence-electron chi connectivity index (χ2n) is 8.10. The molecule has 0 N–H and O–H groups in total. The van der Waals surface area contributed by atoms with Crippen LogP contribution in [0.2, 0.25) is 0 Å². The first-order valence-corrected chi connectivity index (χ1v) is 17.8. The lowest BCUT2D eigenvalue weighted by Crippen LogP contribution is -2.36. The van der Waals surface area contributed by atoms with Crippen molar-refractivity contribution in [2.45, 2.75) is 6.54 Å². The molecule has 0 radical (unpaired) electrons. The van der Waals surface area contributed by atoms with E-state index in [4.69, 9.17) is 23.6 Å². The molecule has 0 aliphatic heterocycles. The van der Waals surface area contributed by atoms with Gasteiger partial charge in [0, 0.05) is 32.6 Å². The van der Waals surface area contributed by atoms with Crippen molar-refractivity contribution in [3.63, 3.8) is 0 Å². The van der Waals surface area contributed by atoms with Gasteiger partial charge >= 0.3 is 0 Å². The van der Waals surface area contributed by atoms with Crippen LogP contribution in [0.5, 0.6) is 0 Å². The van der Waals surface area contributed by atoms with Crippen LogP contribution in [0.3, 0.4) is 0 Å². The van der Waals surface area contributed by atoms with E-state index in [9.17, 15) is 0 Å². The van der Waals surface area contributed by atoms with Crippen LogP contribution in [0.15, 0.2) is 139 Å². The average molecular weight is 546 g/mol. The first kappa shape index (κ1) is 24.5. The Hall–Kier alpha value is -2.16. The van der Waals surface area contributed by atoms with Gasteiger partial charge in [0.15, 0.2) is 0 Å². The molecular weight excluding hydrogens is 520 g/mol. The molecule has 1 aromatic heterocycles. The van der Waals surface area contributed by atoms with Crippen molar-refractivity contribution in [3.05, 3.63) is 144 Å². The van der Waals surface area contributed by atoms with E-state index in [1.165, 1.54) is 26.1 Å². The Balaban J connectivity index is 1.86. The molecule has 0 aliphatic carbocycles. The second kappa shape index (κ2) is 10.8. The predicted molar refractivity (Wildman–Crippen MR) is 163 cm³/mol. The molecule has 0 bridgehead atoms. The zero-order chi connectivity index (χ0) is 24.1. The summed E-state index contributed by atoms with van der Waals surface area (Å²) >= 11 is 15.5. The normalized spacial score (nSPS) is 12.0. The summed E-state index contributed by atoms with van der Waals surface area (Å²) in [5.41, 5.74) is 0. The molecule has 0 saturated carbocycles. The molecule has 0 amide bonds. The lowest BCUT2D eigenvalue weighted by atomic mass is 10.4. The van der Waals surface area contributed by atoms with Gasteiger partial charge in [0.2, 0.25) is 0 Å². The van der Waals surface area contributed by atoms with E-state index >= 15 is 0 Å². The Labute approximate surface area is 222 Å². The standard InChI is InChI=1S/C29H25NP2S3/c33-31(25-14-5-1-6-15-25,26-16-7-2-8-17-26)30(24-29-22-13-23-35-29)32(34,27-18-9-3-10-19-27)28-20-11-4-12-21-28/h1-23H,24H2. The Kier molecular flexibility index (Phi) is 7.60. The zero-order valence-electron chi connectivity index (χ0n) is 19.1. The van der Waals surface area contributed by atoms with Gasteiger partial charge in [-0.3, -0.25) is 0 Å². The van der Waals surface area contributed by atoms with E-state index in [1.807, 2.05) is 0 Å². The highest BCUT2D eigenvalue weighted by atomic mass is 32.5. The lowest BCUT2D eigenvalue weighted by molar-refractivity contribution is 0.725. The largest absolute Gasteiger partial charge is 0.226 e. The fourth-order valence-electron chi connectivity index (χ4n) is 4.27. The molecule has 5 rings (SSSR count). The minimum absolute atomic E-state index is 0.708. The third-order valence-corrected chi connectivity index (χ3v) is 18.4. The van der Waals surface area contributed by atoms with Crippen molar-refractivity contribution in [1.82, 2.24) is 4.44 Å². The number of rotatable bonds is 8. The van der Waals surface area contributed by atoms with Crippen molar-refractivity contribution >= 4 is 68.5 Å². The van der Waals surface area contributed by atoms with Crippen LogP contribution in [-0.4, -0.2) is 4.44 Å². The number of hydrogen-bond donors (Lipinski definition) is 0. The van der Waals surface area contributed by atoms with Gasteiger partial charge in [0.25, 0.3) is 0 Å². The summed E-state index contributed by atoms with van der Waals surface area (Å²) in [5.74, 6) is 0. The molecule has 1 heterocycles. The Morgan fingerprint density at radius 1 is 0.486 bits per heavy atom. The summed E-state index contributed by atoms with van der Waals surface area (Å²) in [5, 5.41) is 6.80. The molecule has 6 heteroatoms. The van der Waals surface area contributed by atoms with Crippen molar-refractivity contribution < 1.29 is 0 Å². The number of nitrogens with zero attached hydrogens (tertiary/aromatic N) is 1. The minimum Gasteiger partial charge on any atom is -0.226 e. The summed E-state index contributed by atoms with van der Waals surface area (Å²) in [6.45, 7) is 0.708. The van der Waals surface area contributed by atoms with Gasteiger partial charge < -0.3 is 0 Å². The Morgan fingerprint density at radius 3 is 1.11 bits per heavy atom. The van der Waals surface area contributed by atoms with Gasteiger partial charge in [-0.05, 0) is 11.4 Å². The smallest absolute Gasteiger partial charge is 0.0757 e. The van der Waals surface area contributed by atoms with E-state index in [2.05, 4.69) is 143 Å². The molecule has 0 aliphatic rings. The highest BCUT2D eigenvalue weighted by Crippen LogP contribution is 2.65. The van der Waals surface area contributed by atoms with Gasteiger partial charge in [-0.25, -0.2) is 4.44 Å². The van der Waals surface area contributed by atoms with E-state index in [-0.39, 0.29) is 0 Å². The van der Waals surface area contributed by atoms with Gasteiger partial charge in [-0.1, -0.05) is 151 Å². The summed E-state index contributed by atoms with van der Waals surface area (Å²) in [6.07, 6.45) is -5.02. The quantitative estimate of drug-likeness (QED) is 0.201. The van der Waals surface area contributed by atoms with Crippen molar-refractivity contribution in [3.8, 4) is 0 Å². The van der Waals surface area contributed by atoms with Crippen LogP contribution < -0.4 is 21.2 Å². The van der Waals surface area contributed by atoms with E-state index in [1.54, 1.807) is 11.3 Å². The molecule has 174 valence electrons. The second-order valence-corrected chi connectivity index (χ2v) is 18.0. The molecule has 35 heavy (non-hydrogen) atoms. The molecular formula is C29H25NP2S3. The first-order chi connectivity index (χ1) is 17.1. The molecule has 1 nitrogen and oxygen atoms in total. The van der Waals surface area contributed by atoms with Crippen LogP contribution in [0.1, 0.15) is 4.88 Å². The molecule has 0 saturated heterocycles. The maximum atomic E-state index is 6.88. The average Bonchev–Trinajstić information content (AvgIpc) is 3.46. The van der Waals surface area contributed by atoms with Crippen molar-refractivity contribution in [2.24, 2.45) is 0 Å². The van der Waals surface area contributed by atoms with Crippen molar-refractivity contribution in [2.75, 3.05) is 0 Å². The van der Waals surface area contributed by atoms with Crippen molar-refractivity contribution in [1.29, 1.82) is 0 Å². The van der Waals surface area contributed by atoms with E-state index in [0.717, 1.165) is 0 Å². The Morgan fingerprint density at radius 2 is 0.829 bits per heavy atom. The molecule has 5 aromatic rings. The van der Waals surface area contributed by atoms with Gasteiger partial charge in [0.05, 0.1) is 12.4 Å². The van der Waals surface area contributed by atoms with Gasteiger partial charge in [0.1, 0.15) is 0 Å². The maximum Gasteiger partial charge on any atom is 0.0757 e. The van der Waals surface area contributed by atoms with Gasteiger partial charge in [-0.2, -0.15) is 0 Å². The van der Waals surface area contributed by atoms with Crippen LogP contribution >= 0.6 is 23.7 Å². The van der Waals surface area contributed by atoms with E-state index < -0.39 is 12.4 Å². The van der Waals surface area contributed by atoms with Crippen LogP contribution in [0, 0.1) is 0 Å². The SMILES string of the molecule is S=P(c1ccccc1)(c1ccccc1)N(Cc1cccs1)P(=S)(c1ccccc1)c1ccccc1. The number of hydrogen-bond acceptors (Lipinski definition) is 3. The van der Waals surface area contributed by atoms with E-state index in [0.29, 0.717) is 6.54 Å². The predicted octanol–water partition coefficient (Wildman–Crippen LogP) is 6.64. The fraction of sp³-hybridized carbons (Fsp3) is 0.0345. The highest BCUT2D eigenvalue weighted by molar-refractivity contribution is 8.29. The molecule has 4 aromatic carbocycles. The summed E-state index contributed by atoms with van der Waals surface area (Å²) < 4.78 is 2.55. The molecule has 0 fully saturated rings. The van der Waals surface area contributed by atoms with Crippen LogP contribution in [-0.2, 0) is 30.2 Å². The number of benzene rings is 4. The number of thiophene rings is 1. The molecule has 0 spiro atoms. The topological polar surface area (TPSA) is 3.24 Å². The van der Waals surface area contributed by atoms with Gasteiger partial charge in [-0.15, -0.1) is 11.3 Å². The Bertz CT molecular complexity index is 1270. The summed E-state index contributed by atoms with van der Waals surface area (Å²) in [6, 6.07) is 46.8.